The minimum absolute atomic E-state index is 0.0151. The van der Waals surface area contributed by atoms with E-state index in [1.54, 1.807) is 6.20 Å². The highest BCUT2D eigenvalue weighted by Gasteiger charge is 2.28. The molecule has 1 aliphatic carbocycles. The number of pyridine rings is 1. The van der Waals surface area contributed by atoms with Gasteiger partial charge in [-0.2, -0.15) is 0 Å². The number of amides is 1. The van der Waals surface area contributed by atoms with Crippen molar-refractivity contribution < 1.29 is 4.79 Å². The first-order valence-electron chi connectivity index (χ1n) is 7.45. The Morgan fingerprint density at radius 2 is 2.00 bits per heavy atom. The van der Waals surface area contributed by atoms with Gasteiger partial charge < -0.3 is 0 Å². The Bertz CT molecular complexity index is 847. The second kappa shape index (κ2) is 5.89. The molecule has 0 unspecified atom stereocenters. The lowest BCUT2D eigenvalue weighted by atomic mass is 10.0. The van der Waals surface area contributed by atoms with E-state index in [0.29, 0.717) is 10.1 Å². The summed E-state index contributed by atoms with van der Waals surface area (Å²) in [5, 5.41) is 12.3. The van der Waals surface area contributed by atoms with Gasteiger partial charge >= 0.3 is 0 Å². The molecule has 0 bridgehead atoms. The summed E-state index contributed by atoms with van der Waals surface area (Å²) >= 11 is 1.34. The van der Waals surface area contributed by atoms with Crippen LogP contribution in [0.5, 0.6) is 0 Å². The smallest absolute Gasteiger partial charge is 0.233 e. The third-order valence-corrected chi connectivity index (χ3v) is 4.85. The molecule has 0 fully saturated rings. The standard InChI is InChI=1S/C17H14N4OS/c22-15(13-9-8-11-5-1-2-6-12(11)13)19-17-21-20-16(23-17)14-7-3-4-10-18-14/h1-7,10,13H,8-9H2,(H,19,21,22)/t13-/m1/s1. The Morgan fingerprint density at radius 3 is 2.87 bits per heavy atom. The van der Waals surface area contributed by atoms with Crippen molar-refractivity contribution in [2.45, 2.75) is 18.8 Å². The molecule has 0 saturated heterocycles. The fraction of sp³-hybridized carbons (Fsp3) is 0.176. The van der Waals surface area contributed by atoms with Crippen LogP contribution in [0.25, 0.3) is 10.7 Å². The molecule has 23 heavy (non-hydrogen) atoms. The van der Waals surface area contributed by atoms with E-state index in [1.807, 2.05) is 36.4 Å². The molecule has 0 radical (unpaired) electrons. The third kappa shape index (κ3) is 2.73. The van der Waals surface area contributed by atoms with Gasteiger partial charge in [-0.3, -0.25) is 15.1 Å². The molecule has 114 valence electrons. The summed E-state index contributed by atoms with van der Waals surface area (Å²) in [5.74, 6) is -0.118. The fourth-order valence-corrected chi connectivity index (χ4v) is 3.61. The second-order valence-corrected chi connectivity index (χ2v) is 6.38. The molecule has 4 rings (SSSR count). The molecule has 2 aromatic heterocycles. The van der Waals surface area contributed by atoms with E-state index in [2.05, 4.69) is 26.6 Å². The van der Waals surface area contributed by atoms with Gasteiger partial charge in [0, 0.05) is 6.20 Å². The number of aryl methyl sites for hydroxylation is 1. The van der Waals surface area contributed by atoms with Crippen molar-refractivity contribution >= 4 is 22.4 Å². The normalized spacial score (nSPS) is 16.1. The molecular formula is C17H14N4OS. The molecule has 0 spiro atoms. The molecule has 1 amide bonds. The highest BCUT2D eigenvalue weighted by Crippen LogP contribution is 2.34. The van der Waals surface area contributed by atoms with E-state index in [1.165, 1.54) is 16.9 Å². The Kier molecular flexibility index (Phi) is 3.59. The molecule has 1 aromatic carbocycles. The number of anilines is 1. The number of nitrogens with one attached hydrogen (secondary N) is 1. The van der Waals surface area contributed by atoms with Crippen LogP contribution >= 0.6 is 11.3 Å². The number of fused-ring (bicyclic) bond motifs is 1. The van der Waals surface area contributed by atoms with E-state index in [-0.39, 0.29) is 11.8 Å². The highest BCUT2D eigenvalue weighted by molar-refractivity contribution is 7.18. The van der Waals surface area contributed by atoms with Gasteiger partial charge in [-0.25, -0.2) is 0 Å². The van der Waals surface area contributed by atoms with Crippen molar-refractivity contribution in [3.63, 3.8) is 0 Å². The molecule has 6 heteroatoms. The maximum atomic E-state index is 12.5. The summed E-state index contributed by atoms with van der Waals surface area (Å²) in [5.41, 5.74) is 3.15. The molecule has 3 aromatic rings. The number of rotatable bonds is 3. The number of hydrogen-bond donors (Lipinski definition) is 1. The minimum atomic E-state index is -0.103. The van der Waals surface area contributed by atoms with Crippen LogP contribution in [0, 0.1) is 0 Å². The first kappa shape index (κ1) is 14.0. The summed E-state index contributed by atoms with van der Waals surface area (Å²) in [6, 6.07) is 13.7. The van der Waals surface area contributed by atoms with Gasteiger partial charge in [-0.1, -0.05) is 41.7 Å². The highest BCUT2D eigenvalue weighted by atomic mass is 32.1. The minimum Gasteiger partial charge on any atom is -0.300 e. The van der Waals surface area contributed by atoms with E-state index in [0.717, 1.165) is 24.1 Å². The molecule has 1 atom stereocenters. The predicted octanol–water partition coefficient (Wildman–Crippen LogP) is 3.27. The van der Waals surface area contributed by atoms with Crippen LogP contribution in [0.1, 0.15) is 23.5 Å². The Hall–Kier alpha value is -2.60. The van der Waals surface area contributed by atoms with E-state index < -0.39 is 0 Å². The quantitative estimate of drug-likeness (QED) is 0.803. The number of carbonyl (C=O) groups is 1. The average Bonchev–Trinajstić information content (AvgIpc) is 3.22. The third-order valence-electron chi connectivity index (χ3n) is 3.99. The predicted molar refractivity (Wildman–Crippen MR) is 89.3 cm³/mol. The molecule has 0 aliphatic heterocycles. The van der Waals surface area contributed by atoms with Crippen molar-refractivity contribution in [2.24, 2.45) is 0 Å². The van der Waals surface area contributed by atoms with Crippen LogP contribution in [-0.2, 0) is 11.2 Å². The lowest BCUT2D eigenvalue weighted by Crippen LogP contribution is -2.19. The second-order valence-electron chi connectivity index (χ2n) is 5.41. The molecule has 1 aliphatic rings. The Morgan fingerprint density at radius 1 is 1.13 bits per heavy atom. The SMILES string of the molecule is O=C(Nc1nnc(-c2ccccn2)s1)[C@@H]1CCc2ccccc21. The zero-order valence-electron chi connectivity index (χ0n) is 12.3. The zero-order chi connectivity index (χ0) is 15.6. The number of nitrogens with zero attached hydrogens (tertiary/aromatic N) is 3. The Balaban J connectivity index is 1.51. The lowest BCUT2D eigenvalue weighted by molar-refractivity contribution is -0.117. The van der Waals surface area contributed by atoms with Gasteiger partial charge in [-0.05, 0) is 36.1 Å². The van der Waals surface area contributed by atoms with Crippen LogP contribution in [0.3, 0.4) is 0 Å². The van der Waals surface area contributed by atoms with Crippen LogP contribution in [0.2, 0.25) is 0 Å². The molecule has 5 nitrogen and oxygen atoms in total. The summed E-state index contributed by atoms with van der Waals surface area (Å²) in [6.45, 7) is 0. The molecular weight excluding hydrogens is 308 g/mol. The van der Waals surface area contributed by atoms with E-state index in [9.17, 15) is 4.79 Å². The van der Waals surface area contributed by atoms with Gasteiger partial charge in [0.2, 0.25) is 11.0 Å². The molecule has 2 heterocycles. The van der Waals surface area contributed by atoms with Gasteiger partial charge in [0.25, 0.3) is 0 Å². The maximum absolute atomic E-state index is 12.5. The van der Waals surface area contributed by atoms with Gasteiger partial charge in [0.15, 0.2) is 5.01 Å². The van der Waals surface area contributed by atoms with Crippen LogP contribution in [0.4, 0.5) is 5.13 Å². The van der Waals surface area contributed by atoms with Crippen molar-refractivity contribution in [3.8, 4) is 10.7 Å². The number of carbonyl (C=O) groups excluding carboxylic acids is 1. The van der Waals surface area contributed by atoms with Crippen molar-refractivity contribution in [2.75, 3.05) is 5.32 Å². The van der Waals surface area contributed by atoms with Crippen LogP contribution in [0.15, 0.2) is 48.7 Å². The number of aromatic nitrogens is 3. The summed E-state index contributed by atoms with van der Waals surface area (Å²) in [4.78, 5) is 16.8. The Labute approximate surface area is 137 Å². The van der Waals surface area contributed by atoms with Crippen LogP contribution in [-0.4, -0.2) is 21.1 Å². The maximum Gasteiger partial charge on any atom is 0.233 e. The summed E-state index contributed by atoms with van der Waals surface area (Å²) in [7, 11) is 0. The summed E-state index contributed by atoms with van der Waals surface area (Å²) < 4.78 is 0. The fourth-order valence-electron chi connectivity index (χ4n) is 2.89. The first-order valence-corrected chi connectivity index (χ1v) is 8.26. The van der Waals surface area contributed by atoms with Crippen molar-refractivity contribution in [1.29, 1.82) is 0 Å². The van der Waals surface area contributed by atoms with Crippen molar-refractivity contribution in [3.05, 3.63) is 59.8 Å². The first-order chi connectivity index (χ1) is 11.3. The van der Waals surface area contributed by atoms with Gasteiger partial charge in [0.1, 0.15) is 5.69 Å². The van der Waals surface area contributed by atoms with E-state index in [4.69, 9.17) is 0 Å². The van der Waals surface area contributed by atoms with Gasteiger partial charge in [0.05, 0.1) is 5.92 Å². The topological polar surface area (TPSA) is 67.8 Å². The number of benzene rings is 1. The van der Waals surface area contributed by atoms with Crippen molar-refractivity contribution in [1.82, 2.24) is 15.2 Å². The molecule has 1 N–H and O–H groups in total. The van der Waals surface area contributed by atoms with Gasteiger partial charge in [-0.15, -0.1) is 10.2 Å². The van der Waals surface area contributed by atoms with E-state index >= 15 is 0 Å². The largest absolute Gasteiger partial charge is 0.300 e. The average molecular weight is 322 g/mol. The lowest BCUT2D eigenvalue weighted by Gasteiger charge is -2.10. The molecule has 0 saturated carbocycles. The number of hydrogen-bond acceptors (Lipinski definition) is 5. The summed E-state index contributed by atoms with van der Waals surface area (Å²) in [6.07, 6.45) is 3.51. The monoisotopic (exact) mass is 322 g/mol. The van der Waals surface area contributed by atoms with Crippen LogP contribution < -0.4 is 5.32 Å². The zero-order valence-corrected chi connectivity index (χ0v) is 13.1.